The maximum Gasteiger partial charge on any atom is 0.300 e. The molecule has 5 nitrogen and oxygen atoms in total. The highest BCUT2D eigenvalue weighted by molar-refractivity contribution is 5.67. The van der Waals surface area contributed by atoms with E-state index in [1.165, 1.54) is 16.7 Å². The molecule has 0 spiro atoms. The number of benzene rings is 2. The zero-order chi connectivity index (χ0) is 19.5. The predicted molar refractivity (Wildman–Crippen MR) is 109 cm³/mol. The van der Waals surface area contributed by atoms with Gasteiger partial charge in [0.05, 0.1) is 6.54 Å². The molecule has 0 N–H and O–H groups in total. The van der Waals surface area contributed by atoms with Gasteiger partial charge in [-0.1, -0.05) is 50.2 Å². The van der Waals surface area contributed by atoms with E-state index < -0.39 is 0 Å². The van der Waals surface area contributed by atoms with Crippen LogP contribution in [0.15, 0.2) is 59.5 Å². The van der Waals surface area contributed by atoms with Gasteiger partial charge >= 0.3 is 0 Å². The molecule has 5 heteroatoms. The van der Waals surface area contributed by atoms with Gasteiger partial charge in [-0.2, -0.15) is 4.98 Å². The molecular weight excluding hydrogens is 352 g/mol. The van der Waals surface area contributed by atoms with E-state index in [2.05, 4.69) is 48.3 Å². The molecule has 3 aromatic rings. The number of ether oxygens (including phenoxy) is 2. The lowest BCUT2D eigenvalue weighted by atomic mass is 9.98. The molecule has 1 aromatic heterocycles. The average Bonchev–Trinajstić information content (AvgIpc) is 3.13. The van der Waals surface area contributed by atoms with Crippen molar-refractivity contribution in [1.29, 1.82) is 0 Å². The second-order valence-electron chi connectivity index (χ2n) is 6.95. The third kappa shape index (κ3) is 3.65. The van der Waals surface area contributed by atoms with Gasteiger partial charge in [0.2, 0.25) is 0 Å². The van der Waals surface area contributed by atoms with Crippen molar-refractivity contribution < 1.29 is 9.47 Å². The number of nitrogens with zero attached hydrogens (tertiary/aromatic N) is 2. The van der Waals surface area contributed by atoms with E-state index in [9.17, 15) is 4.79 Å². The van der Waals surface area contributed by atoms with Gasteiger partial charge in [-0.05, 0) is 41.7 Å². The smallest absolute Gasteiger partial charge is 0.300 e. The zero-order valence-corrected chi connectivity index (χ0v) is 16.2. The molecule has 28 heavy (non-hydrogen) atoms. The molecule has 0 radical (unpaired) electrons. The van der Waals surface area contributed by atoms with E-state index in [0.717, 1.165) is 12.2 Å². The molecule has 0 saturated heterocycles. The van der Waals surface area contributed by atoms with Crippen molar-refractivity contribution in [2.24, 2.45) is 0 Å². The molecule has 1 aliphatic heterocycles. The summed E-state index contributed by atoms with van der Waals surface area (Å²) in [7, 11) is 0. The number of fused-ring (bicyclic) bond motifs is 1. The lowest BCUT2D eigenvalue weighted by Gasteiger charge is -2.12. The lowest BCUT2D eigenvalue weighted by Crippen LogP contribution is -2.23. The van der Waals surface area contributed by atoms with Crippen molar-refractivity contribution in [3.8, 4) is 22.9 Å². The normalized spacial score (nSPS) is 15.1. The number of aromatic nitrogens is 2. The van der Waals surface area contributed by atoms with Gasteiger partial charge < -0.3 is 9.47 Å². The van der Waals surface area contributed by atoms with Crippen LogP contribution in [0.4, 0.5) is 0 Å². The first-order valence-corrected chi connectivity index (χ1v) is 9.76. The van der Waals surface area contributed by atoms with Crippen LogP contribution >= 0.6 is 0 Å². The van der Waals surface area contributed by atoms with Crippen molar-refractivity contribution in [3.63, 3.8) is 0 Å². The first kappa shape index (κ1) is 18.3. The molecule has 0 amide bonds. The van der Waals surface area contributed by atoms with E-state index in [-0.39, 0.29) is 11.7 Å². The Bertz CT molecular complexity index is 1020. The van der Waals surface area contributed by atoms with Crippen LogP contribution in [0, 0.1) is 0 Å². The molecule has 0 bridgehead atoms. The fraction of sp³-hybridized carbons (Fsp3) is 0.304. The first-order valence-electron chi connectivity index (χ1n) is 9.76. The van der Waals surface area contributed by atoms with Crippen LogP contribution in [-0.4, -0.2) is 22.3 Å². The molecule has 1 aliphatic rings. The minimum Gasteiger partial charge on any atom is -0.490 e. The van der Waals surface area contributed by atoms with Crippen molar-refractivity contribution >= 4 is 0 Å². The van der Waals surface area contributed by atoms with Gasteiger partial charge in [-0.25, -0.2) is 0 Å². The molecule has 4 rings (SSSR count). The SMILES string of the molecule is CCc1ccccc1-c1ccc(OCC2Cn3cc(CC)c(=O)nc3O2)cc1. The number of aryl methyl sites for hydroxylation is 2. The summed E-state index contributed by atoms with van der Waals surface area (Å²) in [4.78, 5) is 15.9. The minimum atomic E-state index is -0.210. The summed E-state index contributed by atoms with van der Waals surface area (Å²) >= 11 is 0. The van der Waals surface area contributed by atoms with Crippen LogP contribution in [0.3, 0.4) is 0 Å². The van der Waals surface area contributed by atoms with E-state index in [1.807, 2.05) is 29.8 Å². The third-order valence-electron chi connectivity index (χ3n) is 5.08. The maximum atomic E-state index is 11.9. The molecular formula is C23H24N2O3. The van der Waals surface area contributed by atoms with E-state index >= 15 is 0 Å². The predicted octanol–water partition coefficient (Wildman–Crippen LogP) is 3.88. The van der Waals surface area contributed by atoms with Gasteiger partial charge in [0, 0.05) is 11.8 Å². The van der Waals surface area contributed by atoms with Crippen molar-refractivity contribution in [1.82, 2.24) is 9.55 Å². The summed E-state index contributed by atoms with van der Waals surface area (Å²) in [6.07, 6.45) is 3.36. The Kier molecular flexibility index (Phi) is 5.15. The van der Waals surface area contributed by atoms with Gasteiger partial charge in [-0.15, -0.1) is 0 Å². The van der Waals surface area contributed by atoms with Crippen molar-refractivity contribution in [2.75, 3.05) is 6.61 Å². The van der Waals surface area contributed by atoms with Gasteiger partial charge in [-0.3, -0.25) is 9.36 Å². The number of hydrogen-bond donors (Lipinski definition) is 0. The molecule has 144 valence electrons. The minimum absolute atomic E-state index is 0.153. The quantitative estimate of drug-likeness (QED) is 0.655. The molecule has 1 unspecified atom stereocenters. The Balaban J connectivity index is 1.40. The van der Waals surface area contributed by atoms with Crippen LogP contribution in [-0.2, 0) is 19.4 Å². The Labute approximate surface area is 164 Å². The van der Waals surface area contributed by atoms with E-state index in [0.29, 0.717) is 31.1 Å². The third-order valence-corrected chi connectivity index (χ3v) is 5.08. The van der Waals surface area contributed by atoms with E-state index in [4.69, 9.17) is 9.47 Å². The van der Waals surface area contributed by atoms with Crippen molar-refractivity contribution in [3.05, 3.63) is 76.2 Å². The maximum absolute atomic E-state index is 11.9. The Hall–Kier alpha value is -3.08. The lowest BCUT2D eigenvalue weighted by molar-refractivity contribution is 0.143. The summed E-state index contributed by atoms with van der Waals surface area (Å²) < 4.78 is 13.6. The fourth-order valence-electron chi connectivity index (χ4n) is 3.51. The molecule has 0 fully saturated rings. The molecule has 1 atom stereocenters. The Morgan fingerprint density at radius 3 is 2.57 bits per heavy atom. The second kappa shape index (κ2) is 7.89. The molecule has 0 saturated carbocycles. The Morgan fingerprint density at radius 2 is 1.82 bits per heavy atom. The zero-order valence-electron chi connectivity index (χ0n) is 16.2. The van der Waals surface area contributed by atoms with Gasteiger partial charge in [0.25, 0.3) is 11.6 Å². The van der Waals surface area contributed by atoms with Crippen LogP contribution in [0.25, 0.3) is 11.1 Å². The van der Waals surface area contributed by atoms with Gasteiger partial charge in [0.15, 0.2) is 6.10 Å². The topological polar surface area (TPSA) is 53.4 Å². The van der Waals surface area contributed by atoms with Crippen molar-refractivity contribution in [2.45, 2.75) is 39.3 Å². The fourth-order valence-corrected chi connectivity index (χ4v) is 3.51. The summed E-state index contributed by atoms with van der Waals surface area (Å²) in [5.41, 5.74) is 4.27. The summed E-state index contributed by atoms with van der Waals surface area (Å²) in [5, 5.41) is 0. The van der Waals surface area contributed by atoms with Crippen LogP contribution in [0.5, 0.6) is 11.8 Å². The summed E-state index contributed by atoms with van der Waals surface area (Å²) in [6, 6.07) is 17.0. The number of rotatable bonds is 6. The number of hydrogen-bond acceptors (Lipinski definition) is 4. The molecule has 2 aromatic carbocycles. The van der Waals surface area contributed by atoms with E-state index in [1.54, 1.807) is 0 Å². The largest absolute Gasteiger partial charge is 0.490 e. The van der Waals surface area contributed by atoms with Crippen LogP contribution in [0.2, 0.25) is 0 Å². The monoisotopic (exact) mass is 376 g/mol. The van der Waals surface area contributed by atoms with Crippen LogP contribution < -0.4 is 15.0 Å². The molecule has 0 aliphatic carbocycles. The highest BCUT2D eigenvalue weighted by Gasteiger charge is 2.24. The molecule has 2 heterocycles. The Morgan fingerprint density at radius 1 is 1.07 bits per heavy atom. The highest BCUT2D eigenvalue weighted by Crippen LogP contribution is 2.26. The standard InChI is InChI=1S/C23H24N2O3/c1-3-16-7-5-6-8-21(16)18-9-11-19(12-10-18)27-15-20-14-25-13-17(4-2)22(26)24-23(25)28-20/h5-13,20H,3-4,14-15H2,1-2H3. The first-order chi connectivity index (χ1) is 13.7. The highest BCUT2D eigenvalue weighted by atomic mass is 16.6. The summed E-state index contributed by atoms with van der Waals surface area (Å²) in [5.74, 6) is 0.800. The van der Waals surface area contributed by atoms with Crippen LogP contribution in [0.1, 0.15) is 25.0 Å². The van der Waals surface area contributed by atoms with Gasteiger partial charge in [0.1, 0.15) is 12.4 Å². The summed E-state index contributed by atoms with van der Waals surface area (Å²) in [6.45, 7) is 5.16. The average molecular weight is 376 g/mol. The second-order valence-corrected chi connectivity index (χ2v) is 6.95.